The van der Waals surface area contributed by atoms with Crippen LogP contribution in [0.15, 0.2) is 170 Å². The van der Waals surface area contributed by atoms with Crippen molar-refractivity contribution in [2.24, 2.45) is 0 Å². The van der Waals surface area contributed by atoms with Gasteiger partial charge < -0.3 is 0 Å². The van der Waals surface area contributed by atoms with Crippen LogP contribution in [0.4, 0.5) is 0 Å². The molecule has 0 fully saturated rings. The van der Waals surface area contributed by atoms with Crippen LogP contribution in [0.1, 0.15) is 25.0 Å². The molecule has 2 nitrogen and oxygen atoms in total. The van der Waals surface area contributed by atoms with Crippen molar-refractivity contribution < 1.29 is 0 Å². The molecule has 0 amide bonds. The van der Waals surface area contributed by atoms with Gasteiger partial charge in [0.1, 0.15) is 0 Å². The molecule has 1 heterocycles. The molecule has 240 valence electrons. The molecule has 0 atom stereocenters. The highest BCUT2D eigenvalue weighted by molar-refractivity contribution is 6.09. The molecule has 1 aliphatic carbocycles. The molecular weight excluding hydrogens is 617 g/mol. The summed E-state index contributed by atoms with van der Waals surface area (Å²) in [6.07, 6.45) is 0. The standard InChI is InChI=1S/C49H34N2/c1-49(2)43-25-13-23-40(46(43)42-27-26-32-15-7-9-20-35(32)47(42)49)38-28-29-39(37-22-11-10-21-36(37)38)45-30-44(33-16-4-3-5-17-33)50-48(51-45)41-24-12-18-31-14-6-8-19-34(31)41/h3-30H,1-2H3. The lowest BCUT2D eigenvalue weighted by Crippen LogP contribution is -2.15. The highest BCUT2D eigenvalue weighted by Crippen LogP contribution is 2.55. The monoisotopic (exact) mass is 650 g/mol. The lowest BCUT2D eigenvalue weighted by Gasteiger charge is -2.23. The topological polar surface area (TPSA) is 25.8 Å². The maximum atomic E-state index is 5.33. The third-order valence-electron chi connectivity index (χ3n) is 10.9. The van der Waals surface area contributed by atoms with E-state index in [1.165, 1.54) is 60.3 Å². The van der Waals surface area contributed by atoms with E-state index in [9.17, 15) is 0 Å². The summed E-state index contributed by atoms with van der Waals surface area (Å²) in [5.74, 6) is 0.725. The first-order chi connectivity index (χ1) is 25.1. The van der Waals surface area contributed by atoms with Crippen molar-refractivity contribution in [3.8, 4) is 56.2 Å². The zero-order chi connectivity index (χ0) is 34.1. The number of hydrogen-bond donors (Lipinski definition) is 0. The van der Waals surface area contributed by atoms with E-state index in [4.69, 9.17) is 9.97 Å². The Hall–Kier alpha value is -6.38. The van der Waals surface area contributed by atoms with E-state index in [0.717, 1.165) is 39.3 Å². The van der Waals surface area contributed by atoms with Gasteiger partial charge >= 0.3 is 0 Å². The first-order valence-corrected chi connectivity index (χ1v) is 17.7. The van der Waals surface area contributed by atoms with Crippen LogP contribution in [0.25, 0.3) is 88.5 Å². The second kappa shape index (κ2) is 11.3. The second-order valence-electron chi connectivity index (χ2n) is 14.1. The third-order valence-corrected chi connectivity index (χ3v) is 10.9. The first-order valence-electron chi connectivity index (χ1n) is 17.7. The first kappa shape index (κ1) is 29.5. The van der Waals surface area contributed by atoms with Gasteiger partial charge in [-0.3, -0.25) is 0 Å². The zero-order valence-corrected chi connectivity index (χ0v) is 28.6. The van der Waals surface area contributed by atoms with Crippen molar-refractivity contribution in [2.45, 2.75) is 19.3 Å². The minimum Gasteiger partial charge on any atom is -0.228 e. The predicted octanol–water partition coefficient (Wildman–Crippen LogP) is 12.9. The maximum absolute atomic E-state index is 5.33. The Kier molecular flexibility index (Phi) is 6.56. The summed E-state index contributed by atoms with van der Waals surface area (Å²) in [5.41, 5.74) is 12.8. The van der Waals surface area contributed by atoms with E-state index in [0.29, 0.717) is 0 Å². The number of nitrogens with zero attached hydrogens (tertiary/aromatic N) is 2. The summed E-state index contributed by atoms with van der Waals surface area (Å²) >= 11 is 0. The van der Waals surface area contributed by atoms with Gasteiger partial charge in [0.25, 0.3) is 0 Å². The fourth-order valence-corrected chi connectivity index (χ4v) is 8.52. The van der Waals surface area contributed by atoms with Gasteiger partial charge in [-0.05, 0) is 71.8 Å². The van der Waals surface area contributed by atoms with Crippen LogP contribution in [-0.2, 0) is 5.41 Å². The number of hydrogen-bond acceptors (Lipinski definition) is 2. The number of rotatable bonds is 4. The number of fused-ring (bicyclic) bond motifs is 7. The molecule has 0 aliphatic heterocycles. The molecule has 0 saturated carbocycles. The van der Waals surface area contributed by atoms with E-state index >= 15 is 0 Å². The molecule has 0 radical (unpaired) electrons. The summed E-state index contributed by atoms with van der Waals surface area (Å²) < 4.78 is 0. The average Bonchev–Trinajstić information content (AvgIpc) is 3.44. The summed E-state index contributed by atoms with van der Waals surface area (Å²) in [4.78, 5) is 10.5. The molecule has 8 aromatic carbocycles. The lowest BCUT2D eigenvalue weighted by atomic mass is 9.80. The van der Waals surface area contributed by atoms with Crippen LogP contribution in [0.2, 0.25) is 0 Å². The van der Waals surface area contributed by atoms with Gasteiger partial charge in [0.05, 0.1) is 11.4 Å². The van der Waals surface area contributed by atoms with Crippen molar-refractivity contribution in [3.63, 3.8) is 0 Å². The van der Waals surface area contributed by atoms with Gasteiger partial charge in [-0.1, -0.05) is 178 Å². The number of aromatic nitrogens is 2. The van der Waals surface area contributed by atoms with Gasteiger partial charge in [0.15, 0.2) is 5.82 Å². The number of benzene rings is 8. The molecule has 0 unspecified atom stereocenters. The minimum atomic E-state index is -0.121. The normalized spacial score (nSPS) is 13.1. The minimum absolute atomic E-state index is 0.121. The molecular formula is C49H34N2. The van der Waals surface area contributed by atoms with Gasteiger partial charge in [-0.2, -0.15) is 0 Å². The quantitative estimate of drug-likeness (QED) is 0.189. The summed E-state index contributed by atoms with van der Waals surface area (Å²) in [7, 11) is 0. The van der Waals surface area contributed by atoms with Crippen molar-refractivity contribution >= 4 is 32.3 Å². The molecule has 9 aromatic rings. The van der Waals surface area contributed by atoms with Crippen LogP contribution in [0, 0.1) is 0 Å². The van der Waals surface area contributed by atoms with Crippen LogP contribution in [0.3, 0.4) is 0 Å². The molecule has 0 bridgehead atoms. The Morgan fingerprint density at radius 3 is 1.76 bits per heavy atom. The molecule has 0 spiro atoms. The SMILES string of the molecule is CC1(C)c2cccc(-c3ccc(-c4cc(-c5ccccc5)nc(-c5cccc6ccccc56)n4)c4ccccc34)c2-c2ccc3ccccc3c21. The molecule has 10 rings (SSSR count). The van der Waals surface area contributed by atoms with Crippen molar-refractivity contribution in [1.29, 1.82) is 0 Å². The van der Waals surface area contributed by atoms with Crippen LogP contribution in [-0.4, -0.2) is 9.97 Å². The fraction of sp³-hybridized carbons (Fsp3) is 0.0612. The Balaban J connectivity index is 1.20. The third kappa shape index (κ3) is 4.57. The van der Waals surface area contributed by atoms with Gasteiger partial charge in [0.2, 0.25) is 0 Å². The molecule has 51 heavy (non-hydrogen) atoms. The van der Waals surface area contributed by atoms with Crippen molar-refractivity contribution in [1.82, 2.24) is 9.97 Å². The van der Waals surface area contributed by atoms with Crippen LogP contribution >= 0.6 is 0 Å². The Labute approximate surface area is 297 Å². The molecule has 1 aliphatic rings. The van der Waals surface area contributed by atoms with E-state index in [-0.39, 0.29) is 5.41 Å². The van der Waals surface area contributed by atoms with Crippen molar-refractivity contribution in [2.75, 3.05) is 0 Å². The second-order valence-corrected chi connectivity index (χ2v) is 14.1. The summed E-state index contributed by atoms with van der Waals surface area (Å²) in [6.45, 7) is 4.75. The van der Waals surface area contributed by atoms with Gasteiger partial charge in [-0.25, -0.2) is 9.97 Å². The molecule has 2 heteroatoms. The maximum Gasteiger partial charge on any atom is 0.161 e. The van der Waals surface area contributed by atoms with Gasteiger partial charge in [-0.15, -0.1) is 0 Å². The lowest BCUT2D eigenvalue weighted by molar-refractivity contribution is 0.666. The largest absolute Gasteiger partial charge is 0.228 e. The summed E-state index contributed by atoms with van der Waals surface area (Å²) in [5, 5.41) is 7.32. The van der Waals surface area contributed by atoms with Crippen LogP contribution < -0.4 is 0 Å². The molecule has 1 aromatic heterocycles. The van der Waals surface area contributed by atoms with Crippen LogP contribution in [0.5, 0.6) is 0 Å². The summed E-state index contributed by atoms with van der Waals surface area (Å²) in [6, 6.07) is 61.1. The highest BCUT2D eigenvalue weighted by atomic mass is 14.9. The smallest absolute Gasteiger partial charge is 0.161 e. The molecule has 0 saturated heterocycles. The van der Waals surface area contributed by atoms with E-state index < -0.39 is 0 Å². The predicted molar refractivity (Wildman–Crippen MR) is 214 cm³/mol. The Morgan fingerprint density at radius 2 is 0.961 bits per heavy atom. The molecule has 0 N–H and O–H groups in total. The zero-order valence-electron chi connectivity index (χ0n) is 28.6. The van der Waals surface area contributed by atoms with E-state index in [1.54, 1.807) is 0 Å². The Morgan fingerprint density at radius 1 is 0.392 bits per heavy atom. The average molecular weight is 651 g/mol. The highest BCUT2D eigenvalue weighted by Gasteiger charge is 2.38. The fourth-order valence-electron chi connectivity index (χ4n) is 8.52. The Bertz CT molecular complexity index is 2820. The van der Waals surface area contributed by atoms with E-state index in [1.807, 2.05) is 6.07 Å². The van der Waals surface area contributed by atoms with Gasteiger partial charge in [0, 0.05) is 22.1 Å². The van der Waals surface area contributed by atoms with Crippen molar-refractivity contribution in [3.05, 3.63) is 181 Å². The van der Waals surface area contributed by atoms with E-state index in [2.05, 4.69) is 178 Å².